The number of hydrogen-bond acceptors (Lipinski definition) is 3. The average molecular weight is 291 g/mol. The first-order chi connectivity index (χ1) is 9.35. The first-order valence-electron chi connectivity index (χ1n) is 6.38. The van der Waals surface area contributed by atoms with Gasteiger partial charge in [-0.05, 0) is 29.7 Å². The van der Waals surface area contributed by atoms with Crippen molar-refractivity contribution >= 4 is 15.8 Å². The maximum Gasteiger partial charge on any atom is 0.268 e. The molecule has 0 amide bonds. The van der Waals surface area contributed by atoms with Crippen molar-refractivity contribution in [1.82, 2.24) is 3.97 Å². The lowest BCUT2D eigenvalue weighted by Gasteiger charge is -2.11. The largest absolute Gasteiger partial charge is 0.293 e. The van der Waals surface area contributed by atoms with Crippen LogP contribution in [0.5, 0.6) is 0 Å². The van der Waals surface area contributed by atoms with Crippen LogP contribution < -0.4 is 0 Å². The molecular weight excluding hydrogens is 274 g/mol. The predicted octanol–water partition coefficient (Wildman–Crippen LogP) is 3.05. The van der Waals surface area contributed by atoms with Crippen molar-refractivity contribution in [3.8, 4) is 0 Å². The zero-order valence-corrected chi connectivity index (χ0v) is 12.5. The van der Waals surface area contributed by atoms with Crippen molar-refractivity contribution in [2.45, 2.75) is 31.6 Å². The fraction of sp³-hybridized carbons (Fsp3) is 0.267. The summed E-state index contributed by atoms with van der Waals surface area (Å²) in [6.45, 7) is 5.25. The van der Waals surface area contributed by atoms with Gasteiger partial charge < -0.3 is 0 Å². The van der Waals surface area contributed by atoms with E-state index >= 15 is 0 Å². The fourth-order valence-electron chi connectivity index (χ4n) is 2.16. The molecule has 1 heterocycles. The highest BCUT2D eigenvalue weighted by Crippen LogP contribution is 2.25. The third-order valence-electron chi connectivity index (χ3n) is 3.14. The smallest absolute Gasteiger partial charge is 0.268 e. The summed E-state index contributed by atoms with van der Waals surface area (Å²) in [5, 5.41) is 0. The maximum absolute atomic E-state index is 12.6. The van der Waals surface area contributed by atoms with E-state index in [0.29, 0.717) is 0 Å². The molecule has 0 aliphatic heterocycles. The van der Waals surface area contributed by atoms with Gasteiger partial charge in [-0.1, -0.05) is 32.0 Å². The topological polar surface area (TPSA) is 56.1 Å². The lowest BCUT2D eigenvalue weighted by Crippen LogP contribution is -2.18. The normalized spacial score (nSPS) is 11.8. The molecule has 2 aromatic rings. The molecule has 0 saturated carbocycles. The van der Waals surface area contributed by atoms with Crippen LogP contribution in [-0.2, 0) is 10.0 Å². The van der Waals surface area contributed by atoms with Crippen LogP contribution in [0.15, 0.2) is 47.5 Å². The molecule has 0 aliphatic carbocycles. The number of aromatic nitrogens is 1. The molecule has 4 nitrogen and oxygen atoms in total. The third kappa shape index (κ3) is 2.41. The van der Waals surface area contributed by atoms with Gasteiger partial charge in [0.05, 0.1) is 4.90 Å². The molecule has 5 heteroatoms. The van der Waals surface area contributed by atoms with Crippen molar-refractivity contribution in [3.05, 3.63) is 53.9 Å². The third-order valence-corrected chi connectivity index (χ3v) is 4.83. The summed E-state index contributed by atoms with van der Waals surface area (Å²) in [5.74, 6) is -0.167. The van der Waals surface area contributed by atoms with Gasteiger partial charge in [-0.25, -0.2) is 12.4 Å². The summed E-state index contributed by atoms with van der Waals surface area (Å²) in [5.41, 5.74) is 0.987. The number of benzene rings is 1. The van der Waals surface area contributed by atoms with E-state index in [2.05, 4.69) is 0 Å². The monoisotopic (exact) mass is 291 g/mol. The number of ketones is 1. The molecule has 0 unspecified atom stereocenters. The van der Waals surface area contributed by atoms with E-state index in [9.17, 15) is 13.2 Å². The molecule has 0 N–H and O–H groups in total. The van der Waals surface area contributed by atoms with E-state index in [4.69, 9.17) is 0 Å². The lowest BCUT2D eigenvalue weighted by atomic mass is 10.0. The van der Waals surface area contributed by atoms with Crippen LogP contribution in [0.3, 0.4) is 0 Å². The van der Waals surface area contributed by atoms with Gasteiger partial charge in [0.15, 0.2) is 5.78 Å². The Morgan fingerprint density at radius 1 is 1.10 bits per heavy atom. The molecule has 0 radical (unpaired) electrons. The minimum absolute atomic E-state index is 0.0844. The van der Waals surface area contributed by atoms with Crippen LogP contribution in [0.25, 0.3) is 0 Å². The Morgan fingerprint density at radius 3 is 2.20 bits per heavy atom. The maximum atomic E-state index is 12.6. The van der Waals surface area contributed by atoms with Crippen molar-refractivity contribution in [2.24, 2.45) is 0 Å². The number of nitrogens with zero attached hydrogens (tertiary/aromatic N) is 1. The van der Waals surface area contributed by atoms with Gasteiger partial charge in [0.1, 0.15) is 5.69 Å². The van der Waals surface area contributed by atoms with Gasteiger partial charge >= 0.3 is 0 Å². The second kappa shape index (κ2) is 5.25. The summed E-state index contributed by atoms with van der Waals surface area (Å²) in [4.78, 5) is 12.0. The molecule has 20 heavy (non-hydrogen) atoms. The van der Waals surface area contributed by atoms with Crippen LogP contribution in [0.4, 0.5) is 0 Å². The zero-order chi connectivity index (χ0) is 14.9. The number of carbonyl (C=O) groups is 1. The first-order valence-corrected chi connectivity index (χ1v) is 7.82. The van der Waals surface area contributed by atoms with Crippen LogP contribution in [-0.4, -0.2) is 18.2 Å². The Hall–Kier alpha value is -1.88. The molecule has 2 rings (SSSR count). The standard InChI is InChI=1S/C15H17NO3S/c1-11(2)14-9-10-16(15(14)12(3)17)20(18,19)13-7-5-4-6-8-13/h4-11H,1-3H3. The molecule has 0 atom stereocenters. The molecule has 0 aliphatic rings. The van der Waals surface area contributed by atoms with E-state index in [0.717, 1.165) is 9.54 Å². The SMILES string of the molecule is CC(=O)c1c(C(C)C)ccn1S(=O)(=O)c1ccccc1. The quantitative estimate of drug-likeness (QED) is 0.813. The molecule has 1 aromatic carbocycles. The first kappa shape index (κ1) is 14.5. The van der Waals surface area contributed by atoms with Crippen molar-refractivity contribution in [3.63, 3.8) is 0 Å². The Labute approximate surface area is 119 Å². The van der Waals surface area contributed by atoms with Crippen molar-refractivity contribution < 1.29 is 13.2 Å². The minimum Gasteiger partial charge on any atom is -0.293 e. The average Bonchev–Trinajstić information content (AvgIpc) is 2.85. The van der Waals surface area contributed by atoms with Crippen molar-refractivity contribution in [2.75, 3.05) is 0 Å². The molecule has 0 spiro atoms. The Morgan fingerprint density at radius 2 is 1.70 bits per heavy atom. The zero-order valence-electron chi connectivity index (χ0n) is 11.7. The Bertz CT molecular complexity index is 728. The van der Waals surface area contributed by atoms with Gasteiger partial charge in [-0.2, -0.15) is 0 Å². The Balaban J connectivity index is 2.68. The predicted molar refractivity (Wildman–Crippen MR) is 77.6 cm³/mol. The van der Waals surface area contributed by atoms with Gasteiger partial charge in [0.2, 0.25) is 0 Å². The van der Waals surface area contributed by atoms with E-state index in [1.165, 1.54) is 25.3 Å². The van der Waals surface area contributed by atoms with Crippen LogP contribution in [0.2, 0.25) is 0 Å². The van der Waals surface area contributed by atoms with Crippen LogP contribution in [0, 0.1) is 0 Å². The van der Waals surface area contributed by atoms with E-state index in [-0.39, 0.29) is 22.3 Å². The van der Waals surface area contributed by atoms with E-state index in [1.807, 2.05) is 13.8 Å². The van der Waals surface area contributed by atoms with Crippen LogP contribution >= 0.6 is 0 Å². The number of hydrogen-bond donors (Lipinski definition) is 0. The molecule has 0 fully saturated rings. The fourth-order valence-corrected chi connectivity index (χ4v) is 3.58. The molecule has 1 aromatic heterocycles. The van der Waals surface area contributed by atoms with E-state index < -0.39 is 10.0 Å². The molecule has 0 bridgehead atoms. The van der Waals surface area contributed by atoms with Gasteiger partial charge in [0, 0.05) is 13.1 Å². The van der Waals surface area contributed by atoms with Gasteiger partial charge in [-0.3, -0.25) is 4.79 Å². The highest BCUT2D eigenvalue weighted by atomic mass is 32.2. The highest BCUT2D eigenvalue weighted by Gasteiger charge is 2.24. The summed E-state index contributed by atoms with van der Waals surface area (Å²) in [6, 6.07) is 9.81. The summed E-state index contributed by atoms with van der Waals surface area (Å²) in [7, 11) is -3.73. The van der Waals surface area contributed by atoms with Gasteiger partial charge in [0.25, 0.3) is 10.0 Å². The number of carbonyl (C=O) groups excluding carboxylic acids is 1. The highest BCUT2D eigenvalue weighted by molar-refractivity contribution is 7.90. The van der Waals surface area contributed by atoms with E-state index in [1.54, 1.807) is 24.3 Å². The summed E-state index contributed by atoms with van der Waals surface area (Å²) >= 11 is 0. The van der Waals surface area contributed by atoms with Crippen LogP contribution in [0.1, 0.15) is 42.7 Å². The second-order valence-corrected chi connectivity index (χ2v) is 6.76. The number of Topliss-reactive ketones (excluding diaryl/α,β-unsaturated/α-hetero) is 1. The van der Waals surface area contributed by atoms with Crippen molar-refractivity contribution in [1.29, 1.82) is 0 Å². The minimum atomic E-state index is -3.73. The van der Waals surface area contributed by atoms with Gasteiger partial charge in [-0.15, -0.1) is 0 Å². The number of rotatable bonds is 4. The molecular formula is C15H17NO3S. The molecule has 106 valence electrons. The second-order valence-electron chi connectivity index (χ2n) is 4.94. The lowest BCUT2D eigenvalue weighted by molar-refractivity contribution is 0.101. The summed E-state index contributed by atoms with van der Waals surface area (Å²) < 4.78 is 26.3. The summed E-state index contributed by atoms with van der Waals surface area (Å²) in [6.07, 6.45) is 1.45. The Kier molecular flexibility index (Phi) is 3.81. The molecule has 0 saturated heterocycles.